The molecule has 0 aliphatic carbocycles. The minimum atomic E-state index is -1.11. The Morgan fingerprint density at radius 2 is 1.67 bits per heavy atom. The van der Waals surface area contributed by atoms with Crippen molar-refractivity contribution < 1.29 is 23.9 Å². The van der Waals surface area contributed by atoms with Crippen LogP contribution >= 0.6 is 0 Å². The van der Waals surface area contributed by atoms with Crippen LogP contribution in [0.15, 0.2) is 30.3 Å². The summed E-state index contributed by atoms with van der Waals surface area (Å²) in [5.74, 6) is -0.914. The lowest BCUT2D eigenvalue weighted by Crippen LogP contribution is -2.47. The molecule has 0 saturated heterocycles. The van der Waals surface area contributed by atoms with Crippen LogP contribution in [0.2, 0.25) is 0 Å². The standard InChI is InChI=1S/C20H30N2O5/c1-6-22(7-2)17(23)13-16(21-19(25)27-20(3,4)5)18(24)26-14-15-11-9-8-10-12-15/h8-12,16H,6-7,13-14H2,1-5H3,(H,21,25)/t16-/m0/s1. The van der Waals surface area contributed by atoms with Crippen molar-refractivity contribution in [2.24, 2.45) is 0 Å². The van der Waals surface area contributed by atoms with Crippen LogP contribution in [0.4, 0.5) is 4.79 Å². The second-order valence-electron chi connectivity index (χ2n) is 7.06. The van der Waals surface area contributed by atoms with Crippen LogP contribution in [0.5, 0.6) is 0 Å². The predicted molar refractivity (Wildman–Crippen MR) is 102 cm³/mol. The molecular formula is C20H30N2O5. The van der Waals surface area contributed by atoms with E-state index in [9.17, 15) is 14.4 Å². The van der Waals surface area contributed by atoms with E-state index in [0.29, 0.717) is 13.1 Å². The molecule has 150 valence electrons. The van der Waals surface area contributed by atoms with Crippen molar-refractivity contribution in [3.05, 3.63) is 35.9 Å². The third-order valence-corrected chi connectivity index (χ3v) is 3.69. The zero-order valence-corrected chi connectivity index (χ0v) is 16.8. The zero-order valence-electron chi connectivity index (χ0n) is 16.8. The highest BCUT2D eigenvalue weighted by Crippen LogP contribution is 2.09. The van der Waals surface area contributed by atoms with E-state index < -0.39 is 23.7 Å². The van der Waals surface area contributed by atoms with Crippen LogP contribution in [0.1, 0.15) is 46.6 Å². The first-order valence-corrected chi connectivity index (χ1v) is 9.14. The summed E-state index contributed by atoms with van der Waals surface area (Å²) in [6.07, 6.45) is -0.953. The molecule has 1 aromatic rings. The number of nitrogens with one attached hydrogen (secondary N) is 1. The van der Waals surface area contributed by atoms with Gasteiger partial charge in [0.25, 0.3) is 0 Å². The average molecular weight is 378 g/mol. The quantitative estimate of drug-likeness (QED) is 0.703. The maximum Gasteiger partial charge on any atom is 0.408 e. The number of amides is 2. The summed E-state index contributed by atoms with van der Waals surface area (Å²) >= 11 is 0. The third kappa shape index (κ3) is 8.57. The third-order valence-electron chi connectivity index (χ3n) is 3.69. The number of hydrogen-bond acceptors (Lipinski definition) is 5. The molecule has 0 bridgehead atoms. The molecule has 27 heavy (non-hydrogen) atoms. The fraction of sp³-hybridized carbons (Fsp3) is 0.550. The number of carbonyl (C=O) groups excluding carboxylic acids is 3. The van der Waals surface area contributed by atoms with Gasteiger partial charge in [-0.1, -0.05) is 30.3 Å². The van der Waals surface area contributed by atoms with Gasteiger partial charge in [-0.25, -0.2) is 9.59 Å². The highest BCUT2D eigenvalue weighted by atomic mass is 16.6. The molecule has 0 heterocycles. The number of rotatable bonds is 8. The number of benzene rings is 1. The Balaban J connectivity index is 2.80. The second-order valence-corrected chi connectivity index (χ2v) is 7.06. The molecule has 0 fully saturated rings. The summed E-state index contributed by atoms with van der Waals surface area (Å²) in [6, 6.07) is 8.07. The topological polar surface area (TPSA) is 84.9 Å². The molecule has 2 amide bonds. The number of carbonyl (C=O) groups is 3. The Labute approximate surface area is 161 Å². The lowest BCUT2D eigenvalue weighted by atomic mass is 10.1. The Bertz CT molecular complexity index is 621. The van der Waals surface area contributed by atoms with E-state index in [1.54, 1.807) is 25.7 Å². The first kappa shape index (κ1) is 22.5. The Morgan fingerprint density at radius 1 is 1.07 bits per heavy atom. The van der Waals surface area contributed by atoms with Gasteiger partial charge >= 0.3 is 12.1 Å². The van der Waals surface area contributed by atoms with E-state index in [-0.39, 0.29) is 18.9 Å². The van der Waals surface area contributed by atoms with Crippen molar-refractivity contribution in [3.63, 3.8) is 0 Å². The van der Waals surface area contributed by atoms with Crippen molar-refractivity contribution in [3.8, 4) is 0 Å². The van der Waals surface area contributed by atoms with Gasteiger partial charge in [-0.3, -0.25) is 4.79 Å². The highest BCUT2D eigenvalue weighted by Gasteiger charge is 2.29. The van der Waals surface area contributed by atoms with Crippen molar-refractivity contribution in [1.82, 2.24) is 10.2 Å². The van der Waals surface area contributed by atoms with Crippen molar-refractivity contribution >= 4 is 18.0 Å². The monoisotopic (exact) mass is 378 g/mol. The summed E-state index contributed by atoms with van der Waals surface area (Å²) in [7, 11) is 0. The number of esters is 1. The molecule has 1 atom stereocenters. The van der Waals surface area contributed by atoms with Gasteiger partial charge in [0.05, 0.1) is 6.42 Å². The minimum Gasteiger partial charge on any atom is -0.459 e. The summed E-state index contributed by atoms with van der Waals surface area (Å²) in [6.45, 7) is 9.96. The van der Waals surface area contributed by atoms with E-state index in [0.717, 1.165) is 5.56 Å². The van der Waals surface area contributed by atoms with E-state index in [1.165, 1.54) is 0 Å². The molecule has 1 rings (SSSR count). The average Bonchev–Trinajstić information content (AvgIpc) is 2.59. The normalized spacial score (nSPS) is 12.0. The minimum absolute atomic E-state index is 0.0611. The lowest BCUT2D eigenvalue weighted by Gasteiger charge is -2.25. The van der Waals surface area contributed by atoms with Gasteiger partial charge in [0.1, 0.15) is 18.2 Å². The Kier molecular flexibility index (Phi) is 8.78. The Hall–Kier alpha value is -2.57. The van der Waals surface area contributed by atoms with E-state index in [1.807, 2.05) is 44.2 Å². The van der Waals surface area contributed by atoms with Crippen LogP contribution < -0.4 is 5.32 Å². The lowest BCUT2D eigenvalue weighted by molar-refractivity contribution is -0.150. The van der Waals surface area contributed by atoms with E-state index in [2.05, 4.69) is 5.32 Å². The summed E-state index contributed by atoms with van der Waals surface area (Å²) in [5, 5.41) is 2.46. The van der Waals surface area contributed by atoms with Gasteiger partial charge in [0.15, 0.2) is 0 Å². The van der Waals surface area contributed by atoms with E-state index in [4.69, 9.17) is 9.47 Å². The van der Waals surface area contributed by atoms with Crippen molar-refractivity contribution in [2.75, 3.05) is 13.1 Å². The number of ether oxygens (including phenoxy) is 2. The van der Waals surface area contributed by atoms with Crippen molar-refractivity contribution in [2.45, 2.75) is 59.3 Å². The highest BCUT2D eigenvalue weighted by molar-refractivity contribution is 5.88. The van der Waals surface area contributed by atoms with Gasteiger partial charge in [0.2, 0.25) is 5.91 Å². The predicted octanol–water partition coefficient (Wildman–Crippen LogP) is 2.88. The van der Waals surface area contributed by atoms with Gasteiger partial charge < -0.3 is 19.7 Å². The van der Waals surface area contributed by atoms with Gasteiger partial charge in [-0.15, -0.1) is 0 Å². The molecule has 7 nitrogen and oxygen atoms in total. The van der Waals surface area contributed by atoms with Crippen LogP contribution in [-0.4, -0.2) is 47.6 Å². The summed E-state index contributed by atoms with van der Waals surface area (Å²) in [4.78, 5) is 38.5. The first-order chi connectivity index (χ1) is 12.7. The van der Waals surface area contributed by atoms with Crippen LogP contribution in [0.3, 0.4) is 0 Å². The fourth-order valence-electron chi connectivity index (χ4n) is 2.35. The first-order valence-electron chi connectivity index (χ1n) is 9.14. The largest absolute Gasteiger partial charge is 0.459 e. The second kappa shape index (κ2) is 10.5. The number of nitrogens with zero attached hydrogens (tertiary/aromatic N) is 1. The maximum atomic E-state index is 12.5. The van der Waals surface area contributed by atoms with Crippen LogP contribution in [0, 0.1) is 0 Å². The zero-order chi connectivity index (χ0) is 20.4. The molecular weight excluding hydrogens is 348 g/mol. The molecule has 0 aliphatic heterocycles. The van der Waals surface area contributed by atoms with Crippen LogP contribution in [-0.2, 0) is 25.7 Å². The number of hydrogen-bond donors (Lipinski definition) is 1. The van der Waals surface area contributed by atoms with Gasteiger partial charge in [0, 0.05) is 13.1 Å². The molecule has 0 aliphatic rings. The molecule has 7 heteroatoms. The van der Waals surface area contributed by atoms with E-state index >= 15 is 0 Å². The molecule has 1 N–H and O–H groups in total. The summed E-state index contributed by atoms with van der Waals surface area (Å²) < 4.78 is 10.5. The van der Waals surface area contributed by atoms with Crippen LogP contribution in [0.25, 0.3) is 0 Å². The number of alkyl carbamates (subject to hydrolysis) is 1. The molecule has 0 aromatic heterocycles. The molecule has 0 saturated carbocycles. The molecule has 0 spiro atoms. The van der Waals surface area contributed by atoms with Gasteiger partial charge in [-0.05, 0) is 40.2 Å². The van der Waals surface area contributed by atoms with Gasteiger partial charge in [-0.2, -0.15) is 0 Å². The maximum absolute atomic E-state index is 12.5. The molecule has 0 radical (unpaired) electrons. The SMILES string of the molecule is CCN(CC)C(=O)C[C@H](NC(=O)OC(C)(C)C)C(=O)OCc1ccccc1. The van der Waals surface area contributed by atoms with Crippen molar-refractivity contribution in [1.29, 1.82) is 0 Å². The molecule has 0 unspecified atom stereocenters. The molecule has 1 aromatic carbocycles. The Morgan fingerprint density at radius 3 is 2.19 bits per heavy atom. The fourth-order valence-corrected chi connectivity index (χ4v) is 2.35. The smallest absolute Gasteiger partial charge is 0.408 e. The summed E-state index contributed by atoms with van der Waals surface area (Å²) in [5.41, 5.74) is 0.0998.